The second kappa shape index (κ2) is 26.6. The molecule has 0 aliphatic heterocycles. The van der Waals surface area contributed by atoms with Crippen LogP contribution >= 0.6 is 0 Å². The molecule has 0 rings (SSSR count). The lowest BCUT2D eigenvalue weighted by Gasteiger charge is -1.32. The van der Waals surface area contributed by atoms with Crippen molar-refractivity contribution in [2.45, 2.75) is 0 Å². The van der Waals surface area contributed by atoms with Gasteiger partial charge in [0.2, 0.25) is 0 Å². The first-order valence-electron chi connectivity index (χ1n) is 1.12. The quantitative estimate of drug-likeness (QED) is 0.310. The lowest BCUT2D eigenvalue weighted by Crippen LogP contribution is -1.26. The minimum absolute atomic E-state index is 0.500. The minimum atomic E-state index is 0.500. The number of rotatable bonds is 0. The highest BCUT2D eigenvalue weighted by atomic mass is 16.1. The molecule has 0 heterocycles. The molecule has 0 atom stereocenters. The van der Waals surface area contributed by atoms with Crippen molar-refractivity contribution in [2.24, 2.45) is 0 Å². The van der Waals surface area contributed by atoms with Gasteiger partial charge in [-0.05, 0) is 6.08 Å². The Labute approximate surface area is 40.1 Å². The van der Waals surface area contributed by atoms with Crippen LogP contribution in [-0.2, 0) is 4.79 Å². The lowest BCUT2D eigenvalue weighted by atomic mass is 10.9. The summed E-state index contributed by atoms with van der Waals surface area (Å²) in [5.41, 5.74) is 0. The summed E-state index contributed by atoms with van der Waals surface area (Å²) >= 11 is 0. The van der Waals surface area contributed by atoms with Crippen molar-refractivity contribution in [2.75, 3.05) is 0 Å². The molecule has 0 spiro atoms. The summed E-state index contributed by atoms with van der Waals surface area (Å²) < 4.78 is 0. The Bertz CT molecular complexity index is 119. The first-order chi connectivity index (χ1) is 3.33. The molecule has 0 N–H and O–H groups in total. The van der Waals surface area contributed by atoms with Crippen molar-refractivity contribution in [1.82, 2.24) is 0 Å². The van der Waals surface area contributed by atoms with E-state index in [1.165, 1.54) is 12.1 Å². The van der Waals surface area contributed by atoms with Gasteiger partial charge in [-0.1, -0.05) is 0 Å². The molecule has 0 aromatic heterocycles. The van der Waals surface area contributed by atoms with Crippen molar-refractivity contribution >= 4 is 6.08 Å². The molecule has 7 heavy (non-hydrogen) atoms. The summed E-state index contributed by atoms with van der Waals surface area (Å²) in [6.07, 6.45) is 0.500. The van der Waals surface area contributed by atoms with Gasteiger partial charge in [0.1, 0.15) is 0 Å². The fourth-order valence-electron chi connectivity index (χ4n) is 0. The first kappa shape index (κ1) is 9.03. The Kier molecular flexibility index (Phi) is 34.3. The fourth-order valence-corrected chi connectivity index (χ4v) is 0. The van der Waals surface area contributed by atoms with Gasteiger partial charge in [-0.15, -0.1) is 0 Å². The van der Waals surface area contributed by atoms with Gasteiger partial charge in [-0.3, -0.25) is 4.79 Å². The minimum Gasteiger partial charge on any atom is -0.724 e. The molecule has 0 saturated carbocycles. The Morgan fingerprint density at radius 2 is 1.43 bits per heavy atom. The van der Waals surface area contributed by atoms with Crippen molar-refractivity contribution in [3.05, 3.63) is 5.41 Å². The third-order valence-electron chi connectivity index (χ3n) is 0.0500. The maximum absolute atomic E-state index is 8.24. The zero-order chi connectivity index (χ0) is 6.12. The van der Waals surface area contributed by atoms with Gasteiger partial charge in [0.05, 0.1) is 0 Å². The molecule has 0 saturated heterocycles. The maximum Gasteiger partial charge on any atom is 0.181 e. The van der Waals surface area contributed by atoms with E-state index in [-0.39, 0.29) is 0 Å². The van der Waals surface area contributed by atoms with Crippen molar-refractivity contribution in [1.29, 1.82) is 10.5 Å². The van der Waals surface area contributed by atoms with Crippen LogP contribution in [0.1, 0.15) is 0 Å². The lowest BCUT2D eigenvalue weighted by molar-refractivity contribution is 0.569. The van der Waals surface area contributed by atoms with Crippen molar-refractivity contribution < 1.29 is 4.79 Å². The van der Waals surface area contributed by atoms with E-state index in [2.05, 4.69) is 0 Å². The van der Waals surface area contributed by atoms with E-state index < -0.39 is 0 Å². The Hall–Kier alpha value is -1.64. The molecule has 34 valence electrons. The number of nitriles is 2. The van der Waals surface area contributed by atoms with Gasteiger partial charge in [0.15, 0.2) is 12.1 Å². The molecule has 4 heteroatoms. The Balaban J connectivity index is 0. The summed E-state index contributed by atoms with van der Waals surface area (Å²) in [4.78, 5) is 8.24. The normalized spacial score (nSPS) is 2.57. The predicted molar refractivity (Wildman–Crippen MR) is 20.3 cm³/mol. The van der Waals surface area contributed by atoms with Crippen LogP contribution in [0.4, 0.5) is 0 Å². The van der Waals surface area contributed by atoms with E-state index in [0.717, 1.165) is 0 Å². The number of carbonyl (C=O) groups excluding carboxylic acids is 1. The molecule has 0 unspecified atom stereocenters. The smallest absolute Gasteiger partial charge is 0.181 e. The molecule has 0 bridgehead atoms. The molecule has 0 fully saturated rings. The summed E-state index contributed by atoms with van der Waals surface area (Å²) in [7, 11) is 0. The number of hydrogen-bond donors (Lipinski definition) is 0. The molecule has 0 aliphatic carbocycles. The van der Waals surface area contributed by atoms with Crippen LogP contribution in [0, 0.1) is 22.7 Å². The first-order valence-corrected chi connectivity index (χ1v) is 1.12. The van der Waals surface area contributed by atoms with E-state index in [9.17, 15) is 0 Å². The third-order valence-corrected chi connectivity index (χ3v) is 0.0500. The van der Waals surface area contributed by atoms with Gasteiger partial charge >= 0.3 is 0 Å². The van der Waals surface area contributed by atoms with Crippen LogP contribution in [0.5, 0.6) is 0 Å². The molecular formula is C3N3O-. The maximum atomic E-state index is 8.24. The molecule has 0 aliphatic rings. The van der Waals surface area contributed by atoms with Crippen molar-refractivity contribution in [3.8, 4) is 12.1 Å². The monoisotopic (exact) mass is 94.0 g/mol. The summed E-state index contributed by atoms with van der Waals surface area (Å²) in [6, 6.07) is 2.47. The predicted octanol–water partition coefficient (Wildman–Crippen LogP) is -0.0748. The molecule has 0 radical (unpaired) electrons. The topological polar surface area (TPSA) is 86.9 Å². The Morgan fingerprint density at radius 1 is 1.29 bits per heavy atom. The molecular weight excluding hydrogens is 94.1 g/mol. The Morgan fingerprint density at radius 3 is 1.43 bits per heavy atom. The zero-order valence-electron chi connectivity index (χ0n) is 3.25. The summed E-state index contributed by atoms with van der Waals surface area (Å²) in [5.74, 6) is 0. The highest BCUT2D eigenvalue weighted by Gasteiger charge is 1.39. The number of nitrogens with zero attached hydrogens (tertiary/aromatic N) is 3. The number of hydrogen-bond acceptors (Lipinski definition) is 3. The van der Waals surface area contributed by atoms with Crippen LogP contribution in [0.2, 0.25) is 0 Å². The third kappa shape index (κ3) is 59.3. The van der Waals surface area contributed by atoms with Crippen LogP contribution in [0.3, 0.4) is 0 Å². The van der Waals surface area contributed by atoms with Crippen LogP contribution in [-0.4, -0.2) is 6.08 Å². The SMILES string of the molecule is N#CC#N.[N-]=C=O. The fraction of sp³-hybridized carbons (Fsp3) is 0. The zero-order valence-corrected chi connectivity index (χ0v) is 3.25. The van der Waals surface area contributed by atoms with Gasteiger partial charge in [0.25, 0.3) is 0 Å². The second-order valence-electron chi connectivity index (χ2n) is 0.315. The van der Waals surface area contributed by atoms with Crippen LogP contribution in [0.25, 0.3) is 5.41 Å². The highest BCUT2D eigenvalue weighted by Crippen LogP contribution is 1.27. The average molecular weight is 94.1 g/mol. The van der Waals surface area contributed by atoms with Crippen LogP contribution < -0.4 is 0 Å². The standard InChI is InChI=1S/C2N2.CNO/c3-1-2-4;2-1-3/q;-1. The van der Waals surface area contributed by atoms with E-state index >= 15 is 0 Å². The van der Waals surface area contributed by atoms with Gasteiger partial charge in [-0.2, -0.15) is 10.5 Å². The van der Waals surface area contributed by atoms with E-state index in [1.54, 1.807) is 0 Å². The molecule has 0 amide bonds. The summed E-state index contributed by atoms with van der Waals surface area (Å²) in [6.45, 7) is 0. The van der Waals surface area contributed by atoms with Crippen molar-refractivity contribution in [3.63, 3.8) is 0 Å². The van der Waals surface area contributed by atoms with Crippen LogP contribution in [0.15, 0.2) is 0 Å². The van der Waals surface area contributed by atoms with Gasteiger partial charge < -0.3 is 5.41 Å². The van der Waals surface area contributed by atoms with Gasteiger partial charge in [0, 0.05) is 0 Å². The van der Waals surface area contributed by atoms with Gasteiger partial charge in [-0.25, -0.2) is 0 Å². The molecule has 0 aromatic carbocycles. The molecule has 4 nitrogen and oxygen atoms in total. The van der Waals surface area contributed by atoms with E-state index in [4.69, 9.17) is 20.7 Å². The molecule has 0 aromatic rings. The van der Waals surface area contributed by atoms with E-state index in [0.29, 0.717) is 6.08 Å². The average Bonchev–Trinajstić information content (AvgIpc) is 1.69. The largest absolute Gasteiger partial charge is 0.724 e. The highest BCUT2D eigenvalue weighted by molar-refractivity contribution is 5.36. The summed E-state index contributed by atoms with van der Waals surface area (Å²) in [5, 5.41) is 21.3. The van der Waals surface area contributed by atoms with E-state index in [1.807, 2.05) is 0 Å². The second-order valence-corrected chi connectivity index (χ2v) is 0.315. The number of isocyanates is 1.